The molecule has 0 atom stereocenters. The van der Waals surface area contributed by atoms with Gasteiger partial charge in [-0.2, -0.15) is 0 Å². The Balaban J connectivity index is 1.66. The standard InChI is InChI=1S/C25H27N3O3/c1-2-18-10-4-6-12-21(18)26-23(29)17-28-22-13-7-5-11-19(22)20(16-24(28)30)25(31)27-14-8-3-9-15-27/h4-7,10-13,16H,2-3,8-9,14-15,17H2,1H3,(H,26,29). The number of anilines is 1. The molecule has 0 unspecified atom stereocenters. The Kier molecular flexibility index (Phi) is 6.16. The molecule has 0 radical (unpaired) electrons. The maximum atomic E-state index is 13.1. The van der Waals surface area contributed by atoms with Gasteiger partial charge in [0.2, 0.25) is 5.91 Å². The van der Waals surface area contributed by atoms with Gasteiger partial charge in [-0.25, -0.2) is 0 Å². The van der Waals surface area contributed by atoms with Crippen LogP contribution in [0.1, 0.15) is 42.1 Å². The summed E-state index contributed by atoms with van der Waals surface area (Å²) in [6.45, 7) is 3.35. The molecular weight excluding hydrogens is 390 g/mol. The number of nitrogens with zero attached hydrogens (tertiary/aromatic N) is 2. The summed E-state index contributed by atoms with van der Waals surface area (Å²) >= 11 is 0. The zero-order chi connectivity index (χ0) is 21.8. The van der Waals surface area contributed by atoms with Crippen LogP contribution in [0.15, 0.2) is 59.4 Å². The smallest absolute Gasteiger partial charge is 0.254 e. The maximum absolute atomic E-state index is 13.1. The Morgan fingerprint density at radius 3 is 2.45 bits per heavy atom. The topological polar surface area (TPSA) is 71.4 Å². The number of nitrogens with one attached hydrogen (secondary N) is 1. The van der Waals surface area contributed by atoms with E-state index in [0.29, 0.717) is 16.5 Å². The van der Waals surface area contributed by atoms with Crippen molar-refractivity contribution in [2.45, 2.75) is 39.2 Å². The van der Waals surface area contributed by atoms with Crippen molar-refractivity contribution in [1.82, 2.24) is 9.47 Å². The summed E-state index contributed by atoms with van der Waals surface area (Å²) in [4.78, 5) is 40.7. The van der Waals surface area contributed by atoms with E-state index in [1.54, 1.807) is 6.07 Å². The second-order valence-electron chi connectivity index (χ2n) is 7.91. The van der Waals surface area contributed by atoms with Crippen molar-refractivity contribution in [3.05, 3.63) is 76.1 Å². The van der Waals surface area contributed by atoms with E-state index in [1.165, 1.54) is 10.6 Å². The van der Waals surface area contributed by atoms with Gasteiger partial charge >= 0.3 is 0 Å². The van der Waals surface area contributed by atoms with Crippen LogP contribution in [0.5, 0.6) is 0 Å². The van der Waals surface area contributed by atoms with Crippen LogP contribution in [0, 0.1) is 0 Å². The number of fused-ring (bicyclic) bond motifs is 1. The number of rotatable bonds is 5. The second-order valence-corrected chi connectivity index (χ2v) is 7.91. The number of hydrogen-bond donors (Lipinski definition) is 1. The van der Waals surface area contributed by atoms with Crippen molar-refractivity contribution in [3.8, 4) is 0 Å². The summed E-state index contributed by atoms with van der Waals surface area (Å²) < 4.78 is 1.44. The number of aryl methyl sites for hydroxylation is 1. The number of piperidine rings is 1. The van der Waals surface area contributed by atoms with Gasteiger partial charge in [-0.1, -0.05) is 43.3 Å². The van der Waals surface area contributed by atoms with Crippen molar-refractivity contribution in [3.63, 3.8) is 0 Å². The van der Waals surface area contributed by atoms with Crippen molar-refractivity contribution >= 4 is 28.4 Å². The Morgan fingerprint density at radius 1 is 0.968 bits per heavy atom. The monoisotopic (exact) mass is 417 g/mol. The average Bonchev–Trinajstić information content (AvgIpc) is 2.81. The van der Waals surface area contributed by atoms with Gasteiger partial charge in [-0.3, -0.25) is 19.0 Å². The van der Waals surface area contributed by atoms with E-state index in [1.807, 2.05) is 54.3 Å². The minimum atomic E-state index is -0.349. The summed E-state index contributed by atoms with van der Waals surface area (Å²) in [7, 11) is 0. The fourth-order valence-electron chi connectivity index (χ4n) is 4.23. The van der Waals surface area contributed by atoms with Crippen LogP contribution in [-0.2, 0) is 17.8 Å². The summed E-state index contributed by atoms with van der Waals surface area (Å²) in [6, 6.07) is 16.3. The van der Waals surface area contributed by atoms with Crippen LogP contribution in [0.2, 0.25) is 0 Å². The van der Waals surface area contributed by atoms with E-state index in [4.69, 9.17) is 0 Å². The van der Waals surface area contributed by atoms with Gasteiger partial charge in [0, 0.05) is 30.2 Å². The molecule has 0 aliphatic carbocycles. The molecule has 2 amide bonds. The minimum absolute atomic E-state index is 0.110. The molecule has 1 fully saturated rings. The molecule has 6 nitrogen and oxygen atoms in total. The lowest BCUT2D eigenvalue weighted by Gasteiger charge is -2.27. The SMILES string of the molecule is CCc1ccccc1NC(=O)Cn1c(=O)cc(C(=O)N2CCCCC2)c2ccccc21. The van der Waals surface area contributed by atoms with E-state index in [0.717, 1.165) is 50.0 Å². The number of carbonyl (C=O) groups excluding carboxylic acids is 2. The van der Waals surface area contributed by atoms with Crippen LogP contribution >= 0.6 is 0 Å². The third-order valence-corrected chi connectivity index (χ3v) is 5.87. The van der Waals surface area contributed by atoms with E-state index in [-0.39, 0.29) is 23.9 Å². The Labute approximate surface area is 181 Å². The van der Waals surface area contributed by atoms with E-state index < -0.39 is 0 Å². The average molecular weight is 418 g/mol. The highest BCUT2D eigenvalue weighted by Crippen LogP contribution is 2.21. The predicted molar refractivity (Wildman–Crippen MR) is 122 cm³/mol. The highest BCUT2D eigenvalue weighted by molar-refractivity contribution is 6.06. The highest BCUT2D eigenvalue weighted by Gasteiger charge is 2.22. The predicted octanol–water partition coefficient (Wildman–Crippen LogP) is 3.83. The molecular formula is C25H27N3O3. The molecule has 1 N–H and O–H groups in total. The molecule has 0 spiro atoms. The number of aromatic nitrogens is 1. The molecule has 0 bridgehead atoms. The van der Waals surface area contributed by atoms with Crippen LogP contribution < -0.4 is 10.9 Å². The van der Waals surface area contributed by atoms with Crippen molar-refractivity contribution < 1.29 is 9.59 Å². The number of para-hydroxylation sites is 2. The lowest BCUT2D eigenvalue weighted by molar-refractivity contribution is -0.116. The Hall–Kier alpha value is -3.41. The number of benzene rings is 2. The minimum Gasteiger partial charge on any atom is -0.339 e. The lowest BCUT2D eigenvalue weighted by Crippen LogP contribution is -2.37. The van der Waals surface area contributed by atoms with Crippen molar-refractivity contribution in [2.24, 2.45) is 0 Å². The maximum Gasteiger partial charge on any atom is 0.254 e. The molecule has 2 heterocycles. The summed E-state index contributed by atoms with van der Waals surface area (Å²) in [6.07, 6.45) is 3.90. The quantitative estimate of drug-likeness (QED) is 0.686. The number of likely N-dealkylation sites (tertiary alicyclic amines) is 1. The molecule has 1 saturated heterocycles. The fourth-order valence-corrected chi connectivity index (χ4v) is 4.23. The molecule has 3 aromatic rings. The first-order chi connectivity index (χ1) is 15.1. The molecule has 1 aliphatic heterocycles. The van der Waals surface area contributed by atoms with Gasteiger partial charge < -0.3 is 10.2 Å². The largest absolute Gasteiger partial charge is 0.339 e. The molecule has 4 rings (SSSR count). The zero-order valence-electron chi connectivity index (χ0n) is 17.8. The molecule has 0 saturated carbocycles. The highest BCUT2D eigenvalue weighted by atomic mass is 16.2. The molecule has 1 aliphatic rings. The molecule has 6 heteroatoms. The Morgan fingerprint density at radius 2 is 1.68 bits per heavy atom. The van der Waals surface area contributed by atoms with Crippen LogP contribution in [-0.4, -0.2) is 34.4 Å². The molecule has 1 aromatic heterocycles. The van der Waals surface area contributed by atoms with E-state index in [2.05, 4.69) is 5.32 Å². The van der Waals surface area contributed by atoms with Gasteiger partial charge in [0.25, 0.3) is 11.5 Å². The zero-order valence-corrected chi connectivity index (χ0v) is 17.8. The fraction of sp³-hybridized carbons (Fsp3) is 0.320. The van der Waals surface area contributed by atoms with Crippen molar-refractivity contribution in [1.29, 1.82) is 0 Å². The number of pyridine rings is 1. The van der Waals surface area contributed by atoms with Crippen LogP contribution in [0.4, 0.5) is 5.69 Å². The number of hydrogen-bond acceptors (Lipinski definition) is 3. The first-order valence-electron chi connectivity index (χ1n) is 10.9. The normalized spacial score (nSPS) is 13.9. The summed E-state index contributed by atoms with van der Waals surface area (Å²) in [5.41, 5.74) is 2.45. The first kappa shape index (κ1) is 20.8. The second kappa shape index (κ2) is 9.16. The summed E-state index contributed by atoms with van der Waals surface area (Å²) in [5, 5.41) is 3.61. The van der Waals surface area contributed by atoms with Crippen LogP contribution in [0.25, 0.3) is 10.9 Å². The van der Waals surface area contributed by atoms with Gasteiger partial charge in [0.1, 0.15) is 6.54 Å². The number of amides is 2. The Bertz CT molecular complexity index is 1180. The molecule has 160 valence electrons. The molecule has 2 aromatic carbocycles. The van der Waals surface area contributed by atoms with E-state index >= 15 is 0 Å². The number of carbonyl (C=O) groups is 2. The van der Waals surface area contributed by atoms with Gasteiger partial charge in [-0.05, 0) is 43.4 Å². The van der Waals surface area contributed by atoms with Gasteiger partial charge in [0.05, 0.1) is 11.1 Å². The van der Waals surface area contributed by atoms with Crippen molar-refractivity contribution in [2.75, 3.05) is 18.4 Å². The van der Waals surface area contributed by atoms with E-state index in [9.17, 15) is 14.4 Å². The first-order valence-corrected chi connectivity index (χ1v) is 10.9. The summed E-state index contributed by atoms with van der Waals surface area (Å²) in [5.74, 6) is -0.385. The van der Waals surface area contributed by atoms with Gasteiger partial charge in [-0.15, -0.1) is 0 Å². The third-order valence-electron chi connectivity index (χ3n) is 5.87. The lowest BCUT2D eigenvalue weighted by atomic mass is 10.0. The van der Waals surface area contributed by atoms with Crippen LogP contribution in [0.3, 0.4) is 0 Å². The molecule has 31 heavy (non-hydrogen) atoms. The third kappa shape index (κ3) is 4.38. The van der Waals surface area contributed by atoms with Gasteiger partial charge in [0.15, 0.2) is 0 Å².